The Morgan fingerprint density at radius 1 is 1.17 bits per heavy atom. The van der Waals surface area contributed by atoms with Crippen LogP contribution in [-0.2, 0) is 6.42 Å². The van der Waals surface area contributed by atoms with Gasteiger partial charge in [-0.2, -0.15) is 0 Å². The normalized spacial score (nSPS) is 10.6. The molecule has 0 radical (unpaired) electrons. The zero-order valence-electron chi connectivity index (χ0n) is 14.0. The highest BCUT2D eigenvalue weighted by Gasteiger charge is 2.08. The zero-order valence-corrected chi connectivity index (χ0v) is 14.0. The minimum atomic E-state index is -0.169. The number of anilines is 2. The molecule has 5 nitrogen and oxygen atoms in total. The fraction of sp³-hybridized carbons (Fsp3) is 0.389. The molecule has 1 aromatic carbocycles. The van der Waals surface area contributed by atoms with Gasteiger partial charge in [-0.15, -0.1) is 0 Å². The number of nitrogens with one attached hydrogen (secondary N) is 2. The van der Waals surface area contributed by atoms with Crippen LogP contribution >= 0.6 is 0 Å². The molecule has 23 heavy (non-hydrogen) atoms. The van der Waals surface area contributed by atoms with Crippen LogP contribution in [0.4, 0.5) is 11.5 Å². The van der Waals surface area contributed by atoms with Crippen molar-refractivity contribution in [3.63, 3.8) is 0 Å². The third-order valence-electron chi connectivity index (χ3n) is 3.54. The number of hydrogen-bond acceptors (Lipinski definition) is 4. The van der Waals surface area contributed by atoms with E-state index in [1.807, 2.05) is 12.1 Å². The molecule has 0 bridgehead atoms. The predicted molar refractivity (Wildman–Crippen MR) is 92.9 cm³/mol. The van der Waals surface area contributed by atoms with E-state index in [9.17, 15) is 4.79 Å². The Morgan fingerprint density at radius 3 is 2.57 bits per heavy atom. The number of carbonyl (C=O) groups excluding carboxylic acids is 1. The molecule has 1 aromatic heterocycles. The van der Waals surface area contributed by atoms with Gasteiger partial charge in [-0.3, -0.25) is 4.79 Å². The van der Waals surface area contributed by atoms with Crippen molar-refractivity contribution in [3.8, 4) is 0 Å². The van der Waals surface area contributed by atoms with Gasteiger partial charge >= 0.3 is 0 Å². The quantitative estimate of drug-likeness (QED) is 0.820. The Kier molecular flexibility index (Phi) is 6.09. The van der Waals surface area contributed by atoms with Crippen LogP contribution < -0.4 is 10.6 Å². The highest BCUT2D eigenvalue weighted by molar-refractivity contribution is 5.92. The molecular formula is C18H24N4O. The molecule has 2 rings (SSSR count). The Morgan fingerprint density at radius 2 is 1.91 bits per heavy atom. The van der Waals surface area contributed by atoms with Crippen molar-refractivity contribution in [3.05, 3.63) is 47.9 Å². The molecule has 0 saturated carbocycles. The molecule has 1 heterocycles. The van der Waals surface area contributed by atoms with E-state index in [1.54, 1.807) is 6.07 Å². The molecule has 1 amide bonds. The van der Waals surface area contributed by atoms with Crippen LogP contribution in [0.5, 0.6) is 0 Å². The lowest BCUT2D eigenvalue weighted by molar-refractivity contribution is 0.0947. The molecule has 2 N–H and O–H groups in total. The first-order valence-corrected chi connectivity index (χ1v) is 8.04. The molecule has 0 aliphatic carbocycles. The van der Waals surface area contributed by atoms with E-state index in [0.717, 1.165) is 18.5 Å². The van der Waals surface area contributed by atoms with E-state index < -0.39 is 0 Å². The maximum Gasteiger partial charge on any atom is 0.270 e. The fourth-order valence-corrected chi connectivity index (χ4v) is 2.09. The average Bonchev–Trinajstić information content (AvgIpc) is 2.55. The summed E-state index contributed by atoms with van der Waals surface area (Å²) in [5.74, 6) is 1.000. The first kappa shape index (κ1) is 16.9. The smallest absolute Gasteiger partial charge is 0.270 e. The number of aromatic nitrogens is 2. The fourth-order valence-electron chi connectivity index (χ4n) is 2.09. The summed E-state index contributed by atoms with van der Waals surface area (Å²) >= 11 is 0. The van der Waals surface area contributed by atoms with Gasteiger partial charge in [0, 0.05) is 18.3 Å². The second-order valence-electron chi connectivity index (χ2n) is 5.90. The van der Waals surface area contributed by atoms with Crippen molar-refractivity contribution >= 4 is 17.4 Å². The SMILES string of the molecule is CCc1ccc(Nc2cc(C(=O)NCCC(C)C)ncn2)cc1. The Labute approximate surface area is 137 Å². The molecule has 0 spiro atoms. The van der Waals surface area contributed by atoms with Crippen LogP contribution in [0.1, 0.15) is 43.2 Å². The van der Waals surface area contributed by atoms with Gasteiger partial charge in [0.25, 0.3) is 5.91 Å². The number of benzene rings is 1. The number of amides is 1. The van der Waals surface area contributed by atoms with Crippen LogP contribution in [-0.4, -0.2) is 22.4 Å². The minimum Gasteiger partial charge on any atom is -0.351 e. The van der Waals surface area contributed by atoms with Gasteiger partial charge in [-0.1, -0.05) is 32.9 Å². The van der Waals surface area contributed by atoms with Crippen molar-refractivity contribution in [2.24, 2.45) is 5.92 Å². The van der Waals surface area contributed by atoms with Crippen LogP contribution in [0, 0.1) is 5.92 Å². The highest BCUT2D eigenvalue weighted by atomic mass is 16.1. The summed E-state index contributed by atoms with van der Waals surface area (Å²) in [5.41, 5.74) is 2.59. The number of hydrogen-bond donors (Lipinski definition) is 2. The summed E-state index contributed by atoms with van der Waals surface area (Å²) in [5, 5.41) is 6.07. The summed E-state index contributed by atoms with van der Waals surface area (Å²) < 4.78 is 0. The topological polar surface area (TPSA) is 66.9 Å². The average molecular weight is 312 g/mol. The van der Waals surface area contributed by atoms with Gasteiger partial charge in [0.1, 0.15) is 17.8 Å². The molecule has 122 valence electrons. The number of rotatable bonds is 7. The van der Waals surface area contributed by atoms with Crippen LogP contribution in [0.2, 0.25) is 0 Å². The third kappa shape index (κ3) is 5.36. The largest absolute Gasteiger partial charge is 0.351 e. The third-order valence-corrected chi connectivity index (χ3v) is 3.54. The predicted octanol–water partition coefficient (Wildman–Crippen LogP) is 3.56. The molecule has 0 atom stereocenters. The van der Waals surface area contributed by atoms with Crippen molar-refractivity contribution in [1.82, 2.24) is 15.3 Å². The number of carbonyl (C=O) groups is 1. The Balaban J connectivity index is 1.99. The second kappa shape index (κ2) is 8.27. The Bertz CT molecular complexity index is 638. The van der Waals surface area contributed by atoms with Gasteiger partial charge in [0.15, 0.2) is 0 Å². The molecule has 0 aliphatic heterocycles. The first-order chi connectivity index (χ1) is 11.1. The highest BCUT2D eigenvalue weighted by Crippen LogP contribution is 2.15. The summed E-state index contributed by atoms with van der Waals surface area (Å²) in [6.45, 7) is 7.03. The van der Waals surface area contributed by atoms with Crippen LogP contribution in [0.3, 0.4) is 0 Å². The lowest BCUT2D eigenvalue weighted by Gasteiger charge is -2.09. The summed E-state index contributed by atoms with van der Waals surface area (Å²) in [4.78, 5) is 20.3. The molecule has 5 heteroatoms. The van der Waals surface area contributed by atoms with E-state index in [4.69, 9.17) is 0 Å². The maximum atomic E-state index is 12.1. The molecular weight excluding hydrogens is 288 g/mol. The van der Waals surface area contributed by atoms with Crippen LogP contribution in [0.15, 0.2) is 36.7 Å². The second-order valence-corrected chi connectivity index (χ2v) is 5.90. The standard InChI is InChI=1S/C18H24N4O/c1-4-14-5-7-15(8-6-14)22-17-11-16(20-12-21-17)18(23)19-10-9-13(2)3/h5-8,11-13H,4,9-10H2,1-3H3,(H,19,23)(H,20,21,22). The summed E-state index contributed by atoms with van der Waals surface area (Å²) in [6.07, 6.45) is 3.36. The first-order valence-electron chi connectivity index (χ1n) is 8.04. The van der Waals surface area contributed by atoms with Gasteiger partial charge < -0.3 is 10.6 Å². The van der Waals surface area contributed by atoms with E-state index in [0.29, 0.717) is 24.0 Å². The van der Waals surface area contributed by atoms with Gasteiger partial charge in [-0.25, -0.2) is 9.97 Å². The van der Waals surface area contributed by atoms with E-state index in [1.165, 1.54) is 11.9 Å². The Hall–Kier alpha value is -2.43. The summed E-state index contributed by atoms with van der Waals surface area (Å²) in [6, 6.07) is 9.82. The summed E-state index contributed by atoms with van der Waals surface area (Å²) in [7, 11) is 0. The van der Waals surface area contributed by atoms with E-state index in [-0.39, 0.29) is 5.91 Å². The van der Waals surface area contributed by atoms with Crippen LogP contribution in [0.25, 0.3) is 0 Å². The lowest BCUT2D eigenvalue weighted by atomic mass is 10.1. The molecule has 0 unspecified atom stereocenters. The van der Waals surface area contributed by atoms with Crippen molar-refractivity contribution < 1.29 is 4.79 Å². The van der Waals surface area contributed by atoms with E-state index >= 15 is 0 Å². The zero-order chi connectivity index (χ0) is 16.7. The maximum absolute atomic E-state index is 12.1. The molecule has 0 fully saturated rings. The van der Waals surface area contributed by atoms with Gasteiger partial charge in [0.2, 0.25) is 0 Å². The van der Waals surface area contributed by atoms with Gasteiger partial charge in [-0.05, 0) is 36.5 Å². The lowest BCUT2D eigenvalue weighted by Crippen LogP contribution is -2.26. The monoisotopic (exact) mass is 312 g/mol. The molecule has 0 saturated heterocycles. The van der Waals surface area contributed by atoms with E-state index in [2.05, 4.69) is 53.5 Å². The van der Waals surface area contributed by atoms with Crippen molar-refractivity contribution in [2.45, 2.75) is 33.6 Å². The molecule has 0 aliphatic rings. The van der Waals surface area contributed by atoms with Crippen molar-refractivity contribution in [2.75, 3.05) is 11.9 Å². The van der Waals surface area contributed by atoms with Gasteiger partial charge in [0.05, 0.1) is 0 Å². The minimum absolute atomic E-state index is 0.169. The van der Waals surface area contributed by atoms with Crippen molar-refractivity contribution in [1.29, 1.82) is 0 Å². The number of nitrogens with zero attached hydrogens (tertiary/aromatic N) is 2. The number of aryl methyl sites for hydroxylation is 1. The molecule has 2 aromatic rings.